The molecule has 0 aliphatic carbocycles. The summed E-state index contributed by atoms with van der Waals surface area (Å²) < 4.78 is 4.86. The van der Waals surface area contributed by atoms with Crippen LogP contribution in [0.3, 0.4) is 0 Å². The second kappa shape index (κ2) is 5.41. The molecule has 1 atom stereocenters. The minimum absolute atomic E-state index is 0.0503. The van der Waals surface area contributed by atoms with Crippen molar-refractivity contribution in [2.24, 2.45) is 5.92 Å². The van der Waals surface area contributed by atoms with Crippen molar-refractivity contribution in [1.82, 2.24) is 10.2 Å². The van der Waals surface area contributed by atoms with Crippen LogP contribution in [0.2, 0.25) is 0 Å². The normalized spacial score (nSPS) is 27.2. The zero-order chi connectivity index (χ0) is 11.4. The minimum Gasteiger partial charge on any atom is -0.362 e. The molecule has 0 bridgehead atoms. The van der Waals surface area contributed by atoms with Gasteiger partial charge in [-0.25, -0.2) is 0 Å². The van der Waals surface area contributed by atoms with Crippen LogP contribution in [0.5, 0.6) is 0 Å². The van der Waals surface area contributed by atoms with Crippen LogP contribution < -0.4 is 5.32 Å². The first-order chi connectivity index (χ1) is 7.77. The maximum absolute atomic E-state index is 11.4. The molecule has 90 valence electrons. The Morgan fingerprint density at radius 1 is 1.31 bits per heavy atom. The fourth-order valence-corrected chi connectivity index (χ4v) is 2.25. The van der Waals surface area contributed by atoms with Crippen LogP contribution in [0.15, 0.2) is 0 Å². The van der Waals surface area contributed by atoms with E-state index in [4.69, 9.17) is 4.74 Å². The lowest BCUT2D eigenvalue weighted by Gasteiger charge is -2.28. The van der Waals surface area contributed by atoms with E-state index >= 15 is 0 Å². The summed E-state index contributed by atoms with van der Waals surface area (Å²) in [5.41, 5.74) is 0. The lowest BCUT2D eigenvalue weighted by atomic mass is 9.96. The summed E-state index contributed by atoms with van der Waals surface area (Å²) in [4.78, 5) is 24.2. The lowest BCUT2D eigenvalue weighted by molar-refractivity contribution is -0.158. The molecule has 2 amide bonds. The van der Waals surface area contributed by atoms with E-state index in [-0.39, 0.29) is 25.0 Å². The standard InChI is InChI=1S/C11H18N2O3/c14-10-7-16-8-11(15)13(10)5-3-9-2-1-4-12-6-9/h9,12H,1-8H2. The van der Waals surface area contributed by atoms with Crippen molar-refractivity contribution >= 4 is 11.8 Å². The fourth-order valence-electron chi connectivity index (χ4n) is 2.25. The molecular weight excluding hydrogens is 208 g/mol. The van der Waals surface area contributed by atoms with Crippen LogP contribution in [0.4, 0.5) is 0 Å². The van der Waals surface area contributed by atoms with Gasteiger partial charge in [-0.3, -0.25) is 14.5 Å². The Morgan fingerprint density at radius 3 is 2.69 bits per heavy atom. The highest BCUT2D eigenvalue weighted by atomic mass is 16.5. The van der Waals surface area contributed by atoms with Crippen LogP contribution in [-0.4, -0.2) is 49.6 Å². The largest absolute Gasteiger partial charge is 0.362 e. The zero-order valence-electron chi connectivity index (χ0n) is 9.41. The van der Waals surface area contributed by atoms with Gasteiger partial charge in [-0.05, 0) is 38.3 Å². The van der Waals surface area contributed by atoms with Gasteiger partial charge in [0.2, 0.25) is 0 Å². The van der Waals surface area contributed by atoms with E-state index in [1.54, 1.807) is 0 Å². The van der Waals surface area contributed by atoms with Gasteiger partial charge in [0.15, 0.2) is 0 Å². The molecule has 0 aromatic rings. The van der Waals surface area contributed by atoms with Crippen molar-refractivity contribution in [2.45, 2.75) is 19.3 Å². The van der Waals surface area contributed by atoms with Crippen LogP contribution >= 0.6 is 0 Å². The van der Waals surface area contributed by atoms with Crippen molar-refractivity contribution in [3.05, 3.63) is 0 Å². The van der Waals surface area contributed by atoms with Gasteiger partial charge in [-0.15, -0.1) is 0 Å². The summed E-state index contributed by atoms with van der Waals surface area (Å²) >= 11 is 0. The molecule has 2 saturated heterocycles. The molecule has 2 aliphatic rings. The third-order valence-corrected chi connectivity index (χ3v) is 3.21. The minimum atomic E-state index is -0.194. The number of morpholine rings is 1. The molecule has 5 heteroatoms. The Morgan fingerprint density at radius 2 is 2.06 bits per heavy atom. The summed E-state index contributed by atoms with van der Waals surface area (Å²) in [5.74, 6) is 0.206. The summed E-state index contributed by atoms with van der Waals surface area (Å²) in [6.45, 7) is 2.75. The van der Waals surface area contributed by atoms with Crippen molar-refractivity contribution in [3.8, 4) is 0 Å². The first-order valence-electron chi connectivity index (χ1n) is 5.89. The second-order valence-electron chi connectivity index (χ2n) is 4.43. The van der Waals surface area contributed by atoms with Crippen LogP contribution in [0.25, 0.3) is 0 Å². The molecule has 0 aromatic carbocycles. The van der Waals surface area contributed by atoms with E-state index in [1.165, 1.54) is 17.7 Å². The molecule has 0 spiro atoms. The van der Waals surface area contributed by atoms with Crippen LogP contribution in [-0.2, 0) is 14.3 Å². The highest BCUT2D eigenvalue weighted by molar-refractivity contribution is 5.98. The molecule has 1 unspecified atom stereocenters. The third kappa shape index (κ3) is 2.80. The number of hydrogen-bond acceptors (Lipinski definition) is 4. The number of piperidine rings is 1. The van der Waals surface area contributed by atoms with Crippen molar-refractivity contribution in [2.75, 3.05) is 32.8 Å². The first kappa shape index (κ1) is 11.5. The first-order valence-corrected chi connectivity index (χ1v) is 5.89. The smallest absolute Gasteiger partial charge is 0.255 e. The molecular formula is C11H18N2O3. The summed E-state index contributed by atoms with van der Waals surface area (Å²) in [5, 5.41) is 3.33. The van der Waals surface area contributed by atoms with Gasteiger partial charge in [0, 0.05) is 6.54 Å². The molecule has 0 aromatic heterocycles. The lowest BCUT2D eigenvalue weighted by Crippen LogP contribution is -2.47. The number of ether oxygens (including phenoxy) is 1. The molecule has 16 heavy (non-hydrogen) atoms. The Kier molecular flexibility index (Phi) is 3.90. The number of carbonyl (C=O) groups is 2. The molecule has 2 heterocycles. The number of nitrogens with zero attached hydrogens (tertiary/aromatic N) is 1. The number of carbonyl (C=O) groups excluding carboxylic acids is 2. The van der Waals surface area contributed by atoms with E-state index in [0.717, 1.165) is 19.5 Å². The number of rotatable bonds is 3. The van der Waals surface area contributed by atoms with Gasteiger partial charge in [0.1, 0.15) is 13.2 Å². The maximum Gasteiger partial charge on any atom is 0.255 e. The Hall–Kier alpha value is -0.940. The van der Waals surface area contributed by atoms with E-state index in [2.05, 4.69) is 5.32 Å². The van der Waals surface area contributed by atoms with Crippen molar-refractivity contribution in [1.29, 1.82) is 0 Å². The van der Waals surface area contributed by atoms with Gasteiger partial charge in [0.05, 0.1) is 0 Å². The maximum atomic E-state index is 11.4. The average molecular weight is 226 g/mol. The molecule has 2 aliphatic heterocycles. The second-order valence-corrected chi connectivity index (χ2v) is 4.43. The highest BCUT2D eigenvalue weighted by Crippen LogP contribution is 2.15. The number of imide groups is 1. The predicted molar refractivity (Wildman–Crippen MR) is 57.7 cm³/mol. The summed E-state index contributed by atoms with van der Waals surface area (Å²) in [6.07, 6.45) is 3.29. The van der Waals surface area contributed by atoms with Gasteiger partial charge in [-0.1, -0.05) is 0 Å². The summed E-state index contributed by atoms with van der Waals surface area (Å²) in [6, 6.07) is 0. The number of nitrogens with one attached hydrogen (secondary N) is 1. The zero-order valence-corrected chi connectivity index (χ0v) is 9.41. The molecule has 2 fully saturated rings. The van der Waals surface area contributed by atoms with Gasteiger partial charge >= 0.3 is 0 Å². The fraction of sp³-hybridized carbons (Fsp3) is 0.818. The SMILES string of the molecule is O=C1COCC(=O)N1CCC1CCCNC1. The summed E-state index contributed by atoms with van der Waals surface area (Å²) in [7, 11) is 0. The van der Waals surface area contributed by atoms with Crippen molar-refractivity contribution < 1.29 is 14.3 Å². The van der Waals surface area contributed by atoms with E-state index in [0.29, 0.717) is 12.5 Å². The topological polar surface area (TPSA) is 58.6 Å². The Balaban J connectivity index is 1.78. The predicted octanol–water partition coefficient (Wildman–Crippen LogP) is -0.238. The van der Waals surface area contributed by atoms with Crippen LogP contribution in [0, 0.1) is 5.92 Å². The van der Waals surface area contributed by atoms with Gasteiger partial charge in [0.25, 0.3) is 11.8 Å². The van der Waals surface area contributed by atoms with Gasteiger partial charge < -0.3 is 10.1 Å². The van der Waals surface area contributed by atoms with E-state index < -0.39 is 0 Å². The average Bonchev–Trinajstić information content (AvgIpc) is 2.30. The number of hydrogen-bond donors (Lipinski definition) is 1. The quantitative estimate of drug-likeness (QED) is 0.675. The highest BCUT2D eigenvalue weighted by Gasteiger charge is 2.27. The molecule has 5 nitrogen and oxygen atoms in total. The number of amides is 2. The van der Waals surface area contributed by atoms with Crippen LogP contribution in [0.1, 0.15) is 19.3 Å². The third-order valence-electron chi connectivity index (χ3n) is 3.21. The van der Waals surface area contributed by atoms with Gasteiger partial charge in [-0.2, -0.15) is 0 Å². The monoisotopic (exact) mass is 226 g/mol. The molecule has 1 N–H and O–H groups in total. The molecule has 2 rings (SSSR count). The van der Waals surface area contributed by atoms with E-state index in [1.807, 2.05) is 0 Å². The Bertz CT molecular complexity index is 258. The molecule has 0 radical (unpaired) electrons. The van der Waals surface area contributed by atoms with Crippen molar-refractivity contribution in [3.63, 3.8) is 0 Å². The Labute approximate surface area is 95.1 Å². The van der Waals surface area contributed by atoms with E-state index in [9.17, 15) is 9.59 Å². The molecule has 0 saturated carbocycles.